The van der Waals surface area contributed by atoms with Gasteiger partial charge in [0, 0.05) is 35.4 Å². The maximum atomic E-state index is 12.9. The highest BCUT2D eigenvalue weighted by Crippen LogP contribution is 2.35. The van der Waals surface area contributed by atoms with E-state index in [1.54, 1.807) is 6.33 Å². The van der Waals surface area contributed by atoms with Crippen molar-refractivity contribution in [1.29, 1.82) is 0 Å². The number of piperidine rings is 1. The zero-order valence-electron chi connectivity index (χ0n) is 22.1. The van der Waals surface area contributed by atoms with Gasteiger partial charge in [0.25, 0.3) is 0 Å². The van der Waals surface area contributed by atoms with Crippen molar-refractivity contribution in [2.24, 2.45) is 5.92 Å². The van der Waals surface area contributed by atoms with Gasteiger partial charge in [0.15, 0.2) is 17.0 Å². The molecule has 1 N–H and O–H groups in total. The second-order valence-electron chi connectivity index (χ2n) is 10.8. The van der Waals surface area contributed by atoms with E-state index in [0.29, 0.717) is 53.0 Å². The third-order valence-corrected chi connectivity index (χ3v) is 10.1. The molecule has 40 heavy (non-hydrogen) atoms. The van der Waals surface area contributed by atoms with Crippen molar-refractivity contribution in [1.82, 2.24) is 24.2 Å². The Hall–Kier alpha value is -2.72. The van der Waals surface area contributed by atoms with E-state index in [1.165, 1.54) is 6.42 Å². The van der Waals surface area contributed by atoms with Gasteiger partial charge in [-0.15, -0.1) is 0 Å². The molecular formula is C29H32Cl2N6O2S. The average molecular weight is 600 g/mol. The van der Waals surface area contributed by atoms with Crippen LogP contribution in [-0.4, -0.2) is 52.8 Å². The Balaban J connectivity index is 1.27. The van der Waals surface area contributed by atoms with Crippen LogP contribution in [0.4, 0.5) is 5.82 Å². The molecule has 0 spiro atoms. The minimum absolute atomic E-state index is 0.0764. The van der Waals surface area contributed by atoms with Crippen LogP contribution in [0.3, 0.4) is 0 Å². The molecule has 1 saturated heterocycles. The first-order valence-electron chi connectivity index (χ1n) is 13.9. The molecule has 1 aliphatic heterocycles. The van der Waals surface area contributed by atoms with Crippen LogP contribution < -0.4 is 9.62 Å². The van der Waals surface area contributed by atoms with Crippen molar-refractivity contribution in [2.75, 3.05) is 23.7 Å². The largest absolute Gasteiger partial charge is 0.355 e. The molecule has 6 rings (SSSR count). The summed E-state index contributed by atoms with van der Waals surface area (Å²) in [5, 5.41) is 1.23. The number of halogens is 2. The molecule has 0 radical (unpaired) electrons. The highest BCUT2D eigenvalue weighted by Gasteiger charge is 2.29. The molecule has 1 aliphatic carbocycles. The number of benzene rings is 2. The van der Waals surface area contributed by atoms with E-state index in [9.17, 15) is 8.42 Å². The summed E-state index contributed by atoms with van der Waals surface area (Å²) in [6.45, 7) is 1.33. The van der Waals surface area contributed by atoms with E-state index in [1.807, 2.05) is 53.1 Å². The van der Waals surface area contributed by atoms with Gasteiger partial charge in [-0.1, -0.05) is 54.6 Å². The van der Waals surface area contributed by atoms with E-state index in [0.717, 1.165) is 42.8 Å². The standard InChI is InChI=1S/C29H32Cl2N6O2S/c30-21-10-12-23(13-11-21)37-27(24-8-4-5-9-25(24)31)34-26-28(32-19-33-29(26)37)36-16-14-22(15-17-36)35-40(38,39)18-20-6-2-1-3-7-20/h4-5,8-13,19-20,22,35H,1-3,6-7,14-18H2. The van der Waals surface area contributed by atoms with E-state index in [-0.39, 0.29) is 17.7 Å². The fourth-order valence-corrected chi connectivity index (χ4v) is 8.09. The van der Waals surface area contributed by atoms with Gasteiger partial charge >= 0.3 is 0 Å². The molecule has 8 nitrogen and oxygen atoms in total. The second kappa shape index (κ2) is 11.6. The third kappa shape index (κ3) is 5.84. The van der Waals surface area contributed by atoms with Gasteiger partial charge in [0.2, 0.25) is 10.0 Å². The SMILES string of the molecule is O=S(=O)(CC1CCCCC1)NC1CCN(c2ncnc3c2nc(-c2ccccc2Cl)n3-c2ccc(Cl)cc2)CC1. The molecule has 1 saturated carbocycles. The van der Waals surface area contributed by atoms with Crippen LogP contribution in [0.5, 0.6) is 0 Å². The molecule has 2 aromatic heterocycles. The number of aromatic nitrogens is 4. The van der Waals surface area contributed by atoms with Gasteiger partial charge in [0.1, 0.15) is 12.2 Å². The molecule has 4 aromatic rings. The van der Waals surface area contributed by atoms with Gasteiger partial charge in [-0.3, -0.25) is 4.57 Å². The van der Waals surface area contributed by atoms with Crippen LogP contribution in [0.25, 0.3) is 28.2 Å². The van der Waals surface area contributed by atoms with E-state index in [2.05, 4.69) is 19.6 Å². The van der Waals surface area contributed by atoms with Gasteiger partial charge in [-0.25, -0.2) is 28.1 Å². The highest BCUT2D eigenvalue weighted by molar-refractivity contribution is 7.89. The normalized spacial score (nSPS) is 17.5. The summed E-state index contributed by atoms with van der Waals surface area (Å²) in [6, 6.07) is 15.0. The topological polar surface area (TPSA) is 93.0 Å². The molecule has 210 valence electrons. The first kappa shape index (κ1) is 27.4. The number of rotatable bonds is 7. The molecule has 0 unspecified atom stereocenters. The number of nitrogens with zero attached hydrogens (tertiary/aromatic N) is 5. The van der Waals surface area contributed by atoms with E-state index in [4.69, 9.17) is 28.2 Å². The minimum atomic E-state index is -3.30. The number of nitrogens with one attached hydrogen (secondary N) is 1. The summed E-state index contributed by atoms with van der Waals surface area (Å²) in [5.41, 5.74) is 2.98. The second-order valence-corrected chi connectivity index (χ2v) is 13.4. The molecule has 3 heterocycles. The highest BCUT2D eigenvalue weighted by atomic mass is 35.5. The smallest absolute Gasteiger partial charge is 0.212 e. The molecule has 11 heteroatoms. The van der Waals surface area contributed by atoms with Crippen LogP contribution in [-0.2, 0) is 10.0 Å². The summed E-state index contributed by atoms with van der Waals surface area (Å²) in [6.07, 6.45) is 8.48. The predicted octanol–water partition coefficient (Wildman–Crippen LogP) is 6.26. The molecule has 0 amide bonds. The first-order chi connectivity index (χ1) is 19.4. The van der Waals surface area contributed by atoms with Gasteiger partial charge < -0.3 is 4.90 Å². The van der Waals surface area contributed by atoms with E-state index < -0.39 is 10.0 Å². The number of anilines is 1. The molecule has 2 aromatic carbocycles. The fraction of sp³-hybridized carbons (Fsp3) is 0.414. The van der Waals surface area contributed by atoms with Crippen LogP contribution >= 0.6 is 23.2 Å². The Morgan fingerprint density at radius 1 is 0.900 bits per heavy atom. The lowest BCUT2D eigenvalue weighted by Crippen LogP contribution is -2.46. The number of hydrogen-bond acceptors (Lipinski definition) is 6. The summed E-state index contributed by atoms with van der Waals surface area (Å²) in [5.74, 6) is 1.92. The van der Waals surface area contributed by atoms with Gasteiger partial charge in [-0.05, 0) is 68.0 Å². The van der Waals surface area contributed by atoms with Crippen molar-refractivity contribution >= 4 is 50.2 Å². The Morgan fingerprint density at radius 3 is 2.35 bits per heavy atom. The maximum absolute atomic E-state index is 12.9. The fourth-order valence-electron chi connectivity index (χ4n) is 5.95. The monoisotopic (exact) mass is 598 g/mol. The van der Waals surface area contributed by atoms with E-state index >= 15 is 0 Å². The molecule has 2 fully saturated rings. The van der Waals surface area contributed by atoms with Crippen molar-refractivity contribution in [3.63, 3.8) is 0 Å². The van der Waals surface area contributed by atoms with Crippen molar-refractivity contribution in [2.45, 2.75) is 51.0 Å². The van der Waals surface area contributed by atoms with Crippen molar-refractivity contribution in [3.8, 4) is 17.1 Å². The van der Waals surface area contributed by atoms with Crippen molar-refractivity contribution in [3.05, 3.63) is 64.9 Å². The lowest BCUT2D eigenvalue weighted by Gasteiger charge is -2.33. The zero-order chi connectivity index (χ0) is 27.7. The summed E-state index contributed by atoms with van der Waals surface area (Å²) < 4.78 is 30.7. The maximum Gasteiger partial charge on any atom is 0.212 e. The number of hydrogen-bond donors (Lipinski definition) is 1. The van der Waals surface area contributed by atoms with Crippen LogP contribution in [0.15, 0.2) is 54.9 Å². The van der Waals surface area contributed by atoms with Crippen LogP contribution in [0, 0.1) is 5.92 Å². The van der Waals surface area contributed by atoms with Crippen LogP contribution in [0.1, 0.15) is 44.9 Å². The molecule has 0 bridgehead atoms. The van der Waals surface area contributed by atoms with Crippen molar-refractivity contribution < 1.29 is 8.42 Å². The predicted molar refractivity (Wildman–Crippen MR) is 161 cm³/mol. The lowest BCUT2D eigenvalue weighted by atomic mass is 9.91. The Kier molecular flexibility index (Phi) is 7.99. The minimum Gasteiger partial charge on any atom is -0.355 e. The quantitative estimate of drug-likeness (QED) is 0.270. The molecule has 0 atom stereocenters. The summed E-state index contributed by atoms with van der Waals surface area (Å²) in [4.78, 5) is 16.5. The number of fused-ring (bicyclic) bond motifs is 1. The number of imidazole rings is 1. The van der Waals surface area contributed by atoms with Gasteiger partial charge in [0.05, 0.1) is 10.8 Å². The third-order valence-electron chi connectivity index (χ3n) is 7.95. The number of sulfonamides is 1. The first-order valence-corrected chi connectivity index (χ1v) is 16.3. The molecular weight excluding hydrogens is 567 g/mol. The Morgan fingerprint density at radius 2 is 1.62 bits per heavy atom. The Labute approximate surface area is 244 Å². The van der Waals surface area contributed by atoms with Crippen LogP contribution in [0.2, 0.25) is 10.0 Å². The van der Waals surface area contributed by atoms with Gasteiger partial charge in [-0.2, -0.15) is 0 Å². The average Bonchev–Trinajstić information content (AvgIpc) is 3.34. The molecule has 2 aliphatic rings. The zero-order valence-corrected chi connectivity index (χ0v) is 24.5. The lowest BCUT2D eigenvalue weighted by molar-refractivity contribution is 0.381. The summed E-state index contributed by atoms with van der Waals surface area (Å²) >= 11 is 12.8. The Bertz CT molecular complexity index is 1590. The summed E-state index contributed by atoms with van der Waals surface area (Å²) in [7, 11) is -3.30.